The Kier molecular flexibility index (Phi) is 4.74. The number of carboxylic acid groups (broad SMARTS) is 1. The van der Waals surface area contributed by atoms with Crippen LogP contribution in [0.4, 0.5) is 5.69 Å². The molecule has 0 bridgehead atoms. The van der Waals surface area contributed by atoms with Crippen molar-refractivity contribution < 1.29 is 14.7 Å². The van der Waals surface area contributed by atoms with Gasteiger partial charge in [0.1, 0.15) is 0 Å². The summed E-state index contributed by atoms with van der Waals surface area (Å²) in [5, 5.41) is 20.7. The largest absolute Gasteiger partial charge is 0.481 e. The van der Waals surface area contributed by atoms with Gasteiger partial charge in [-0.3, -0.25) is 9.59 Å². The van der Waals surface area contributed by atoms with Crippen LogP contribution in [-0.4, -0.2) is 17.0 Å². The van der Waals surface area contributed by atoms with Crippen molar-refractivity contribution in [3.8, 4) is 6.07 Å². The highest BCUT2D eigenvalue weighted by Crippen LogP contribution is 2.25. The maximum Gasteiger partial charge on any atom is 0.309 e. The summed E-state index contributed by atoms with van der Waals surface area (Å²) < 4.78 is 0. The highest BCUT2D eigenvalue weighted by atomic mass is 16.4. The van der Waals surface area contributed by atoms with Crippen LogP contribution < -0.4 is 5.32 Å². The second-order valence-electron chi connectivity index (χ2n) is 6.23. The molecule has 0 radical (unpaired) electrons. The topological polar surface area (TPSA) is 90.2 Å². The molecular formula is C16H20N2O3. The summed E-state index contributed by atoms with van der Waals surface area (Å²) in [5.41, 5.74) is -0.256. The molecule has 0 aromatic heterocycles. The molecule has 112 valence electrons. The van der Waals surface area contributed by atoms with Gasteiger partial charge in [-0.25, -0.2) is 0 Å². The average molecular weight is 288 g/mol. The summed E-state index contributed by atoms with van der Waals surface area (Å²) in [4.78, 5) is 22.8. The summed E-state index contributed by atoms with van der Waals surface area (Å²) in [5.74, 6) is -1.36. The molecular weight excluding hydrogens is 268 g/mol. The maximum atomic E-state index is 11.8. The van der Waals surface area contributed by atoms with Crippen LogP contribution in [0.5, 0.6) is 0 Å². The molecule has 0 aliphatic heterocycles. The molecule has 2 N–H and O–H groups in total. The molecule has 0 saturated heterocycles. The van der Waals surface area contributed by atoms with Crippen molar-refractivity contribution in [2.75, 3.05) is 5.32 Å². The summed E-state index contributed by atoms with van der Waals surface area (Å²) in [6.45, 7) is 6.65. The standard InChI is InChI=1S/C16H20N2O3/c1-15(2,14(20)21)9-13(19)18-12-7-5-11(6-8-12)16(3,4)10-17/h5-8H,9H2,1-4H3,(H,18,19)(H,20,21). The molecule has 5 heteroatoms. The predicted octanol–water partition coefficient (Wildman–Crippen LogP) is 2.93. The minimum Gasteiger partial charge on any atom is -0.481 e. The Morgan fingerprint density at radius 1 is 1.19 bits per heavy atom. The van der Waals surface area contributed by atoms with E-state index in [2.05, 4.69) is 11.4 Å². The average Bonchev–Trinajstić information content (AvgIpc) is 2.38. The van der Waals surface area contributed by atoms with Crippen molar-refractivity contribution in [2.24, 2.45) is 5.41 Å². The lowest BCUT2D eigenvalue weighted by Crippen LogP contribution is -2.29. The number of hydrogen-bond acceptors (Lipinski definition) is 3. The zero-order valence-electron chi connectivity index (χ0n) is 12.7. The number of carbonyl (C=O) groups is 2. The van der Waals surface area contributed by atoms with Crippen LogP contribution in [0.2, 0.25) is 0 Å². The second-order valence-corrected chi connectivity index (χ2v) is 6.23. The fourth-order valence-corrected chi connectivity index (χ4v) is 1.72. The van der Waals surface area contributed by atoms with E-state index >= 15 is 0 Å². The van der Waals surface area contributed by atoms with Gasteiger partial charge in [0.25, 0.3) is 0 Å². The molecule has 1 aromatic rings. The van der Waals surface area contributed by atoms with Crippen LogP contribution in [0.3, 0.4) is 0 Å². The zero-order chi connectivity index (χ0) is 16.3. The van der Waals surface area contributed by atoms with Crippen molar-refractivity contribution in [2.45, 2.75) is 39.5 Å². The fraction of sp³-hybridized carbons (Fsp3) is 0.438. The molecule has 0 fully saturated rings. The van der Waals surface area contributed by atoms with Gasteiger partial charge in [-0.05, 0) is 45.4 Å². The molecule has 0 aliphatic carbocycles. The van der Waals surface area contributed by atoms with E-state index in [1.165, 1.54) is 13.8 Å². The zero-order valence-corrected chi connectivity index (χ0v) is 12.7. The Balaban J connectivity index is 2.76. The summed E-state index contributed by atoms with van der Waals surface area (Å²) in [6, 6.07) is 9.18. The number of nitrogens with one attached hydrogen (secondary N) is 1. The molecule has 0 spiro atoms. The monoisotopic (exact) mass is 288 g/mol. The van der Waals surface area contributed by atoms with Crippen LogP contribution in [0.15, 0.2) is 24.3 Å². The Morgan fingerprint density at radius 2 is 1.71 bits per heavy atom. The van der Waals surface area contributed by atoms with Crippen LogP contribution in [0.1, 0.15) is 39.7 Å². The molecule has 5 nitrogen and oxygen atoms in total. The predicted molar refractivity (Wildman–Crippen MR) is 79.7 cm³/mol. The number of amides is 1. The van der Waals surface area contributed by atoms with Gasteiger partial charge in [0, 0.05) is 12.1 Å². The molecule has 21 heavy (non-hydrogen) atoms. The summed E-state index contributed by atoms with van der Waals surface area (Å²) in [7, 11) is 0. The number of carboxylic acids is 1. The van der Waals surface area contributed by atoms with Gasteiger partial charge >= 0.3 is 5.97 Å². The van der Waals surface area contributed by atoms with Gasteiger partial charge in [-0.15, -0.1) is 0 Å². The third-order valence-electron chi connectivity index (χ3n) is 3.35. The second kappa shape index (κ2) is 5.96. The van der Waals surface area contributed by atoms with E-state index in [9.17, 15) is 9.59 Å². The van der Waals surface area contributed by atoms with Crippen LogP contribution in [0, 0.1) is 16.7 Å². The highest BCUT2D eigenvalue weighted by Gasteiger charge is 2.30. The maximum absolute atomic E-state index is 11.8. The third kappa shape index (κ3) is 4.32. The number of benzene rings is 1. The van der Waals surface area contributed by atoms with E-state index in [0.29, 0.717) is 5.69 Å². The number of nitriles is 1. The minimum absolute atomic E-state index is 0.103. The molecule has 0 atom stereocenters. The summed E-state index contributed by atoms with van der Waals surface area (Å²) in [6.07, 6.45) is -0.103. The van der Waals surface area contributed by atoms with Crippen LogP contribution in [-0.2, 0) is 15.0 Å². The van der Waals surface area contributed by atoms with Gasteiger partial charge in [0.15, 0.2) is 0 Å². The smallest absolute Gasteiger partial charge is 0.309 e. The number of nitrogens with zero attached hydrogens (tertiary/aromatic N) is 1. The number of hydrogen-bond donors (Lipinski definition) is 2. The van der Waals surface area contributed by atoms with Gasteiger partial charge in [-0.1, -0.05) is 12.1 Å². The quantitative estimate of drug-likeness (QED) is 0.871. The van der Waals surface area contributed by atoms with Gasteiger partial charge in [0.05, 0.1) is 16.9 Å². The molecule has 1 amide bonds. The SMILES string of the molecule is CC(C)(CC(=O)Nc1ccc(C(C)(C)C#N)cc1)C(=O)O. The first-order valence-electron chi connectivity index (χ1n) is 6.63. The van der Waals surface area contributed by atoms with E-state index in [1.807, 2.05) is 13.8 Å². The first-order valence-corrected chi connectivity index (χ1v) is 6.63. The van der Waals surface area contributed by atoms with Crippen molar-refractivity contribution in [3.63, 3.8) is 0 Å². The number of carbonyl (C=O) groups excluding carboxylic acids is 1. The fourth-order valence-electron chi connectivity index (χ4n) is 1.72. The van der Waals surface area contributed by atoms with Crippen LogP contribution in [0.25, 0.3) is 0 Å². The minimum atomic E-state index is -1.10. The third-order valence-corrected chi connectivity index (χ3v) is 3.35. The van der Waals surface area contributed by atoms with Gasteiger partial charge < -0.3 is 10.4 Å². The summed E-state index contributed by atoms with van der Waals surface area (Å²) >= 11 is 0. The number of anilines is 1. The van der Waals surface area contributed by atoms with Crippen molar-refractivity contribution in [1.82, 2.24) is 0 Å². The Morgan fingerprint density at radius 3 is 2.14 bits per heavy atom. The molecule has 0 unspecified atom stereocenters. The van der Waals surface area contributed by atoms with Gasteiger partial charge in [0.2, 0.25) is 5.91 Å². The molecule has 0 saturated carbocycles. The van der Waals surface area contributed by atoms with E-state index in [4.69, 9.17) is 10.4 Å². The Hall–Kier alpha value is -2.35. The molecule has 1 aromatic carbocycles. The first-order chi connectivity index (χ1) is 9.58. The highest BCUT2D eigenvalue weighted by molar-refractivity contribution is 5.94. The van der Waals surface area contributed by atoms with E-state index in [-0.39, 0.29) is 12.3 Å². The lowest BCUT2D eigenvalue weighted by atomic mass is 9.86. The van der Waals surface area contributed by atoms with E-state index < -0.39 is 16.8 Å². The van der Waals surface area contributed by atoms with E-state index in [0.717, 1.165) is 5.56 Å². The Bertz CT molecular complexity index is 581. The van der Waals surface area contributed by atoms with Crippen molar-refractivity contribution in [1.29, 1.82) is 5.26 Å². The van der Waals surface area contributed by atoms with Crippen molar-refractivity contribution in [3.05, 3.63) is 29.8 Å². The first kappa shape index (κ1) is 16.7. The van der Waals surface area contributed by atoms with Crippen LogP contribution >= 0.6 is 0 Å². The number of rotatable bonds is 5. The molecule has 0 aliphatic rings. The van der Waals surface area contributed by atoms with Gasteiger partial charge in [-0.2, -0.15) is 5.26 Å². The lowest BCUT2D eigenvalue weighted by molar-refractivity contribution is -0.148. The van der Waals surface area contributed by atoms with E-state index in [1.54, 1.807) is 24.3 Å². The normalized spacial score (nSPS) is 11.6. The molecule has 1 rings (SSSR count). The lowest BCUT2D eigenvalue weighted by Gasteiger charge is -2.19. The Labute approximate surface area is 124 Å². The number of aliphatic carboxylic acids is 1. The molecule has 0 heterocycles. The van der Waals surface area contributed by atoms with Crippen molar-refractivity contribution >= 4 is 17.6 Å².